The molecule has 0 bridgehead atoms. The van der Waals surface area contributed by atoms with Gasteiger partial charge in [0.2, 0.25) is 0 Å². The molecule has 0 saturated heterocycles. The minimum atomic E-state index is -1.51. The van der Waals surface area contributed by atoms with Crippen molar-refractivity contribution in [1.82, 2.24) is 0 Å². The monoisotopic (exact) mass is 262 g/mol. The van der Waals surface area contributed by atoms with Gasteiger partial charge in [-0.25, -0.2) is 0 Å². The van der Waals surface area contributed by atoms with Gasteiger partial charge in [-0.2, -0.15) is 0 Å². The molecule has 0 saturated carbocycles. The van der Waals surface area contributed by atoms with Gasteiger partial charge < -0.3 is 0 Å². The van der Waals surface area contributed by atoms with Crippen LogP contribution >= 0.6 is 11.3 Å². The van der Waals surface area contributed by atoms with E-state index in [1.807, 2.05) is 11.3 Å². The van der Waals surface area contributed by atoms with Crippen LogP contribution in [0.1, 0.15) is 4.88 Å². The van der Waals surface area contributed by atoms with E-state index in [1.165, 1.54) is 4.44 Å². The summed E-state index contributed by atoms with van der Waals surface area (Å²) in [6, 6.07) is 4.41. The van der Waals surface area contributed by atoms with Crippen LogP contribution in [0.5, 0.6) is 0 Å². The predicted molar refractivity (Wildman–Crippen MR) is 51.4 cm³/mol. The Bertz CT molecular complexity index is 184. The zero-order chi connectivity index (χ0) is 7.61. The van der Waals surface area contributed by atoms with Gasteiger partial charge in [-0.3, -0.25) is 0 Å². The number of rotatable bonds is 2. The number of thiophene rings is 1. The third-order valence-corrected chi connectivity index (χ3v) is 7.01. The minimum absolute atomic E-state index is 1.41. The summed E-state index contributed by atoms with van der Waals surface area (Å²) >= 11 is 0.392. The molecule has 1 heterocycles. The van der Waals surface area contributed by atoms with Gasteiger partial charge >= 0.3 is 71.4 Å². The zero-order valence-electron chi connectivity index (χ0n) is 6.85. The molecule has 0 aromatic carbocycles. The molecule has 0 spiro atoms. The molecule has 0 aliphatic rings. The van der Waals surface area contributed by atoms with Gasteiger partial charge in [0, 0.05) is 0 Å². The molecule has 1 rings (SSSR count). The van der Waals surface area contributed by atoms with Crippen LogP contribution in [0.3, 0.4) is 0 Å². The van der Waals surface area contributed by atoms with Crippen molar-refractivity contribution in [2.75, 3.05) is 0 Å². The van der Waals surface area contributed by atoms with E-state index in [0.717, 1.165) is 0 Å². The molecule has 0 fully saturated rings. The molecule has 0 aliphatic heterocycles. The van der Waals surface area contributed by atoms with E-state index in [4.69, 9.17) is 0 Å². The molecule has 0 atom stereocenters. The van der Waals surface area contributed by atoms with Crippen molar-refractivity contribution in [1.29, 1.82) is 0 Å². The SMILES string of the molecule is [CH3][Sn]([CH3])([CH3])[CH2]c1cccs1. The second-order valence-corrected chi connectivity index (χ2v) is 20.5. The maximum atomic E-state index is 2.48. The Morgan fingerprint density at radius 3 is 2.50 bits per heavy atom. The molecule has 0 unspecified atom stereocenters. The van der Waals surface area contributed by atoms with E-state index in [9.17, 15) is 0 Å². The fraction of sp³-hybridized carbons (Fsp3) is 0.500. The van der Waals surface area contributed by atoms with Crippen LogP contribution in [-0.4, -0.2) is 18.4 Å². The van der Waals surface area contributed by atoms with Gasteiger partial charge in [0.1, 0.15) is 0 Å². The van der Waals surface area contributed by atoms with Gasteiger partial charge in [-0.05, 0) is 0 Å². The van der Waals surface area contributed by atoms with Gasteiger partial charge in [0.05, 0.1) is 0 Å². The van der Waals surface area contributed by atoms with E-state index in [0.29, 0.717) is 0 Å². The fourth-order valence-corrected chi connectivity index (χ4v) is 8.45. The van der Waals surface area contributed by atoms with Crippen LogP contribution in [0.15, 0.2) is 17.5 Å². The van der Waals surface area contributed by atoms with Crippen LogP contribution in [0.4, 0.5) is 0 Å². The molecule has 1 aromatic rings. The third-order valence-electron chi connectivity index (χ3n) is 1.28. The molecule has 0 radical (unpaired) electrons. The Morgan fingerprint density at radius 2 is 2.10 bits per heavy atom. The molecule has 2 heteroatoms. The summed E-state index contributed by atoms with van der Waals surface area (Å²) in [4.78, 5) is 9.03. The average molecular weight is 261 g/mol. The van der Waals surface area contributed by atoms with E-state index in [1.54, 1.807) is 4.88 Å². The molecule has 10 heavy (non-hydrogen) atoms. The summed E-state index contributed by atoms with van der Waals surface area (Å²) in [5, 5.41) is 2.17. The van der Waals surface area contributed by atoms with Gasteiger partial charge in [-0.1, -0.05) is 0 Å². The van der Waals surface area contributed by atoms with Gasteiger partial charge in [-0.15, -0.1) is 0 Å². The fourth-order valence-electron chi connectivity index (χ4n) is 0.936. The van der Waals surface area contributed by atoms with Crippen LogP contribution in [-0.2, 0) is 4.44 Å². The molecule has 0 nitrogen and oxygen atoms in total. The van der Waals surface area contributed by atoms with Crippen molar-refractivity contribution in [2.45, 2.75) is 19.3 Å². The van der Waals surface area contributed by atoms with E-state index in [-0.39, 0.29) is 0 Å². The summed E-state index contributed by atoms with van der Waals surface area (Å²) in [7, 11) is 0. The summed E-state index contributed by atoms with van der Waals surface area (Å²) in [6.45, 7) is 0. The van der Waals surface area contributed by atoms with Crippen molar-refractivity contribution < 1.29 is 0 Å². The van der Waals surface area contributed by atoms with Crippen molar-refractivity contribution in [3.05, 3.63) is 22.4 Å². The summed E-state index contributed by atoms with van der Waals surface area (Å²) in [6.07, 6.45) is 0. The Balaban J connectivity index is 2.57. The third kappa shape index (κ3) is 3.06. The first-order valence-electron chi connectivity index (χ1n) is 3.60. The number of hydrogen-bond donors (Lipinski definition) is 0. The maximum absolute atomic E-state index is 2.48. The summed E-state index contributed by atoms with van der Waals surface area (Å²) < 4.78 is 1.41. The van der Waals surface area contributed by atoms with E-state index >= 15 is 0 Å². The van der Waals surface area contributed by atoms with Crippen molar-refractivity contribution in [3.8, 4) is 0 Å². The van der Waals surface area contributed by atoms with Gasteiger partial charge in [0.25, 0.3) is 0 Å². The second-order valence-electron chi connectivity index (χ2n) is 3.82. The number of hydrogen-bond acceptors (Lipinski definition) is 1. The normalized spacial score (nSPS) is 11.9. The Hall–Kier alpha value is 0.499. The van der Waals surface area contributed by atoms with Crippen molar-refractivity contribution in [3.63, 3.8) is 0 Å². The Labute approximate surface area is 71.1 Å². The van der Waals surface area contributed by atoms with Gasteiger partial charge in [0.15, 0.2) is 0 Å². The summed E-state index contributed by atoms with van der Waals surface area (Å²) in [5.74, 6) is 0. The topological polar surface area (TPSA) is 0 Å². The average Bonchev–Trinajstić information content (AvgIpc) is 2.12. The predicted octanol–water partition coefficient (Wildman–Crippen LogP) is 3.17. The van der Waals surface area contributed by atoms with Crippen LogP contribution < -0.4 is 0 Å². The van der Waals surface area contributed by atoms with Crippen LogP contribution in [0.2, 0.25) is 14.8 Å². The van der Waals surface area contributed by atoms with Crippen LogP contribution in [0.25, 0.3) is 0 Å². The van der Waals surface area contributed by atoms with Crippen molar-refractivity contribution in [2.24, 2.45) is 0 Å². The molecular weight excluding hydrogens is 247 g/mol. The summed E-state index contributed by atoms with van der Waals surface area (Å²) in [5.41, 5.74) is 0. The first-order valence-corrected chi connectivity index (χ1v) is 15.1. The molecule has 0 amide bonds. The quantitative estimate of drug-likeness (QED) is 0.717. The molecular formula is C8H14SSn. The molecule has 56 valence electrons. The molecule has 1 aromatic heterocycles. The molecule has 0 N–H and O–H groups in total. The van der Waals surface area contributed by atoms with Crippen LogP contribution in [0, 0.1) is 0 Å². The Kier molecular flexibility index (Phi) is 2.80. The standard InChI is InChI=1S/C5H5S.3CH3.Sn/c1-5-3-2-4-6-5;;;;/h2-4H,1H2;3*1H3;. The zero-order valence-corrected chi connectivity index (χ0v) is 10.5. The first-order chi connectivity index (χ1) is 4.58. The van der Waals surface area contributed by atoms with E-state index in [2.05, 4.69) is 32.3 Å². The second kappa shape index (κ2) is 3.26. The van der Waals surface area contributed by atoms with E-state index < -0.39 is 18.4 Å². The Morgan fingerprint density at radius 1 is 1.40 bits per heavy atom. The van der Waals surface area contributed by atoms with Crippen molar-refractivity contribution >= 4 is 29.7 Å². The first kappa shape index (κ1) is 8.59. The molecule has 0 aliphatic carbocycles.